The summed E-state index contributed by atoms with van der Waals surface area (Å²) >= 11 is 3.31. The Bertz CT molecular complexity index is 688. The van der Waals surface area contributed by atoms with Gasteiger partial charge in [-0.05, 0) is 22.0 Å². The maximum atomic E-state index is 12.1. The van der Waals surface area contributed by atoms with Crippen molar-refractivity contribution in [1.29, 1.82) is 0 Å². The highest BCUT2D eigenvalue weighted by Gasteiger charge is 2.15. The normalized spacial score (nSPS) is 10.9. The van der Waals surface area contributed by atoms with E-state index >= 15 is 0 Å². The summed E-state index contributed by atoms with van der Waals surface area (Å²) < 4.78 is 2.18. The summed E-state index contributed by atoms with van der Waals surface area (Å²) in [6.07, 6.45) is 6.21. The molecule has 0 aliphatic heterocycles. The van der Waals surface area contributed by atoms with Crippen LogP contribution in [0.3, 0.4) is 0 Å². The molecule has 0 atom stereocenters. The van der Waals surface area contributed by atoms with Crippen LogP contribution in [0.2, 0.25) is 0 Å². The first-order chi connectivity index (χ1) is 8.25. The summed E-state index contributed by atoms with van der Waals surface area (Å²) in [6, 6.07) is 1.80. The molecule has 0 spiro atoms. The molecule has 0 amide bonds. The third-order valence-electron chi connectivity index (χ3n) is 2.33. The fourth-order valence-electron chi connectivity index (χ4n) is 1.55. The van der Waals surface area contributed by atoms with E-state index < -0.39 is 0 Å². The maximum Gasteiger partial charge on any atom is 0.281 e. The van der Waals surface area contributed by atoms with Gasteiger partial charge in [-0.15, -0.1) is 0 Å². The molecule has 7 heteroatoms. The monoisotopic (exact) mass is 291 g/mol. The first kappa shape index (κ1) is 10.2. The zero-order chi connectivity index (χ0) is 11.8. The van der Waals surface area contributed by atoms with Crippen LogP contribution in [-0.4, -0.2) is 30.6 Å². The van der Waals surface area contributed by atoms with Gasteiger partial charge in [-0.1, -0.05) is 0 Å². The van der Waals surface area contributed by atoms with Gasteiger partial charge in [0.2, 0.25) is 0 Å². The molecule has 3 aromatic rings. The molecular formula is C10H6BrN5O. The Morgan fingerprint density at radius 3 is 3.12 bits per heavy atom. The van der Waals surface area contributed by atoms with Crippen LogP contribution in [0.15, 0.2) is 35.5 Å². The lowest BCUT2D eigenvalue weighted by atomic mass is 10.2. The van der Waals surface area contributed by atoms with Crippen molar-refractivity contribution in [2.24, 2.45) is 0 Å². The molecule has 0 radical (unpaired) electrons. The van der Waals surface area contributed by atoms with Gasteiger partial charge in [0.15, 0.2) is 5.65 Å². The minimum Gasteiger partial charge on any atom is -0.271 e. The molecule has 0 aliphatic carbocycles. The van der Waals surface area contributed by atoms with Gasteiger partial charge in [0.05, 0.1) is 5.39 Å². The number of aromatic nitrogens is 5. The van der Waals surface area contributed by atoms with E-state index in [1.54, 1.807) is 24.7 Å². The van der Waals surface area contributed by atoms with Crippen molar-refractivity contribution in [3.8, 4) is 0 Å². The van der Waals surface area contributed by atoms with Gasteiger partial charge in [0, 0.05) is 23.1 Å². The fourth-order valence-corrected chi connectivity index (χ4v) is 1.88. The highest BCUT2D eigenvalue weighted by molar-refractivity contribution is 9.10. The van der Waals surface area contributed by atoms with Crippen molar-refractivity contribution in [2.45, 2.75) is 0 Å². The van der Waals surface area contributed by atoms with Crippen molar-refractivity contribution in [1.82, 2.24) is 24.7 Å². The number of hydrogen-bond acceptors (Lipinski definition) is 4. The van der Waals surface area contributed by atoms with E-state index in [0.717, 1.165) is 4.47 Å². The molecule has 84 valence electrons. The molecular weight excluding hydrogens is 286 g/mol. The molecule has 1 N–H and O–H groups in total. The standard InChI is InChI=1S/C10H6BrN5O/c11-6-3-7-8(14-15-9(7)13-4-6)10(17)16-2-1-12-5-16/h1-5H,(H,13,14,15). The fraction of sp³-hybridized carbons (Fsp3) is 0. The predicted octanol–water partition coefficient (Wildman–Crippen LogP) is 1.61. The van der Waals surface area contributed by atoms with E-state index in [0.29, 0.717) is 16.7 Å². The number of imidazole rings is 1. The van der Waals surface area contributed by atoms with Crippen molar-refractivity contribution < 1.29 is 4.79 Å². The Morgan fingerprint density at radius 2 is 2.35 bits per heavy atom. The second-order valence-corrected chi connectivity index (χ2v) is 4.31. The quantitative estimate of drug-likeness (QED) is 0.739. The van der Waals surface area contributed by atoms with Crippen molar-refractivity contribution >= 4 is 32.9 Å². The number of carbonyl (C=O) groups is 1. The Balaban J connectivity index is 2.18. The van der Waals surface area contributed by atoms with Crippen LogP contribution < -0.4 is 0 Å². The first-order valence-electron chi connectivity index (χ1n) is 4.78. The molecule has 0 aromatic carbocycles. The lowest BCUT2D eigenvalue weighted by Gasteiger charge is -1.98. The van der Waals surface area contributed by atoms with Gasteiger partial charge in [-0.25, -0.2) is 9.97 Å². The van der Waals surface area contributed by atoms with Crippen molar-refractivity contribution in [3.05, 3.63) is 41.2 Å². The van der Waals surface area contributed by atoms with Crippen LogP contribution in [0, 0.1) is 0 Å². The van der Waals surface area contributed by atoms with Crippen molar-refractivity contribution in [3.63, 3.8) is 0 Å². The molecule has 3 aromatic heterocycles. The molecule has 0 unspecified atom stereocenters. The maximum absolute atomic E-state index is 12.1. The number of pyridine rings is 1. The molecule has 3 heterocycles. The number of carbonyl (C=O) groups excluding carboxylic acids is 1. The Hall–Kier alpha value is -2.02. The van der Waals surface area contributed by atoms with Crippen LogP contribution in [0.1, 0.15) is 10.5 Å². The van der Waals surface area contributed by atoms with E-state index in [1.807, 2.05) is 0 Å². The highest BCUT2D eigenvalue weighted by Crippen LogP contribution is 2.19. The SMILES string of the molecule is O=C(c1[nH]nc2ncc(Br)cc12)n1ccnc1. The topological polar surface area (TPSA) is 76.5 Å². The number of rotatable bonds is 1. The number of fused-ring (bicyclic) bond motifs is 1. The summed E-state index contributed by atoms with van der Waals surface area (Å²) in [5.41, 5.74) is 0.906. The van der Waals surface area contributed by atoms with Crippen LogP contribution in [0.25, 0.3) is 11.0 Å². The van der Waals surface area contributed by atoms with Gasteiger partial charge >= 0.3 is 0 Å². The summed E-state index contributed by atoms with van der Waals surface area (Å²) in [5.74, 6) is -0.218. The highest BCUT2D eigenvalue weighted by atomic mass is 79.9. The zero-order valence-electron chi connectivity index (χ0n) is 8.46. The summed E-state index contributed by atoms with van der Waals surface area (Å²) in [6.45, 7) is 0. The van der Waals surface area contributed by atoms with Crippen molar-refractivity contribution in [2.75, 3.05) is 0 Å². The predicted molar refractivity (Wildman–Crippen MR) is 63.5 cm³/mol. The van der Waals surface area contributed by atoms with E-state index in [9.17, 15) is 4.79 Å². The Kier molecular flexibility index (Phi) is 2.25. The van der Waals surface area contributed by atoms with Crippen LogP contribution in [-0.2, 0) is 0 Å². The molecule has 3 rings (SSSR count). The minimum atomic E-state index is -0.218. The number of H-pyrrole nitrogens is 1. The molecule has 0 saturated carbocycles. The molecule has 17 heavy (non-hydrogen) atoms. The lowest BCUT2D eigenvalue weighted by molar-refractivity contribution is 0.0956. The molecule has 0 fully saturated rings. The summed E-state index contributed by atoms with van der Waals surface area (Å²) in [5, 5.41) is 7.36. The van der Waals surface area contributed by atoms with E-state index in [4.69, 9.17) is 0 Å². The van der Waals surface area contributed by atoms with E-state index in [-0.39, 0.29) is 5.91 Å². The Morgan fingerprint density at radius 1 is 1.47 bits per heavy atom. The minimum absolute atomic E-state index is 0.218. The third-order valence-corrected chi connectivity index (χ3v) is 2.76. The second kappa shape index (κ2) is 3.77. The van der Waals surface area contributed by atoms with Gasteiger partial charge in [-0.2, -0.15) is 5.10 Å². The van der Waals surface area contributed by atoms with E-state index in [1.165, 1.54) is 10.9 Å². The molecule has 0 saturated heterocycles. The van der Waals surface area contributed by atoms with Gasteiger partial charge in [0.25, 0.3) is 5.91 Å². The third kappa shape index (κ3) is 1.64. The summed E-state index contributed by atoms with van der Waals surface area (Å²) in [4.78, 5) is 20.0. The summed E-state index contributed by atoms with van der Waals surface area (Å²) in [7, 11) is 0. The average molecular weight is 292 g/mol. The van der Waals surface area contributed by atoms with Crippen LogP contribution in [0.4, 0.5) is 0 Å². The average Bonchev–Trinajstić information content (AvgIpc) is 2.97. The molecule has 0 aliphatic rings. The van der Waals surface area contributed by atoms with Gasteiger partial charge < -0.3 is 0 Å². The lowest BCUT2D eigenvalue weighted by Crippen LogP contribution is -2.10. The molecule has 6 nitrogen and oxygen atoms in total. The largest absolute Gasteiger partial charge is 0.281 e. The first-order valence-corrected chi connectivity index (χ1v) is 5.57. The van der Waals surface area contributed by atoms with Gasteiger partial charge in [-0.3, -0.25) is 14.5 Å². The number of nitrogens with zero attached hydrogens (tertiary/aromatic N) is 4. The van der Waals surface area contributed by atoms with Crippen LogP contribution in [0.5, 0.6) is 0 Å². The Labute approximate surface area is 104 Å². The van der Waals surface area contributed by atoms with Gasteiger partial charge in [0.1, 0.15) is 12.0 Å². The number of halogens is 1. The van der Waals surface area contributed by atoms with Crippen LogP contribution >= 0.6 is 15.9 Å². The van der Waals surface area contributed by atoms with E-state index in [2.05, 4.69) is 36.1 Å². The number of nitrogens with one attached hydrogen (secondary N) is 1. The smallest absolute Gasteiger partial charge is 0.271 e. The molecule has 0 bridgehead atoms. The second-order valence-electron chi connectivity index (χ2n) is 3.40. The zero-order valence-corrected chi connectivity index (χ0v) is 10.0. The number of hydrogen-bond donors (Lipinski definition) is 1. The number of aromatic amines is 1.